The average Bonchev–Trinajstić information content (AvgIpc) is 3.06. The Hall–Kier alpha value is -1.44. The van der Waals surface area contributed by atoms with E-state index in [1.54, 1.807) is 13.8 Å². The minimum absolute atomic E-state index is 0.0134. The minimum atomic E-state index is -1.94. The van der Waals surface area contributed by atoms with E-state index in [0.29, 0.717) is 0 Å². The Morgan fingerprint density at radius 2 is 2.08 bits per heavy atom. The molecule has 7 nitrogen and oxygen atoms in total. The molecule has 24 heavy (non-hydrogen) atoms. The molecule has 2 aliphatic heterocycles. The second-order valence-corrected chi connectivity index (χ2v) is 6.89. The topological polar surface area (TPSA) is 96.3 Å². The number of fused-ring (bicyclic) bond motifs is 1. The van der Waals surface area contributed by atoms with Crippen molar-refractivity contribution in [2.45, 2.75) is 58.0 Å². The number of carbonyl (C=O) groups is 2. The van der Waals surface area contributed by atoms with Crippen molar-refractivity contribution >= 4 is 11.9 Å². The van der Waals surface area contributed by atoms with Crippen LogP contribution < -0.4 is 0 Å². The molecule has 0 radical (unpaired) electrons. The maximum Gasteiger partial charge on any atom is 0.341 e. The zero-order valence-electron chi connectivity index (χ0n) is 14.7. The summed E-state index contributed by atoms with van der Waals surface area (Å²) in [5, 5.41) is 20.2. The summed E-state index contributed by atoms with van der Waals surface area (Å²) < 4.78 is 10.6. The van der Waals surface area contributed by atoms with Gasteiger partial charge in [0.05, 0.1) is 12.1 Å². The summed E-state index contributed by atoms with van der Waals surface area (Å²) in [6.07, 6.45) is 1.24. The molecule has 0 aromatic carbocycles. The first-order chi connectivity index (χ1) is 11.2. The van der Waals surface area contributed by atoms with Crippen LogP contribution in [0.5, 0.6) is 0 Å². The van der Waals surface area contributed by atoms with Crippen molar-refractivity contribution in [3.63, 3.8) is 0 Å². The molecule has 0 saturated carbocycles. The van der Waals surface area contributed by atoms with Crippen LogP contribution in [0.2, 0.25) is 0 Å². The van der Waals surface area contributed by atoms with Crippen LogP contribution in [0, 0.1) is 5.92 Å². The average molecular weight is 341 g/mol. The number of hydrogen-bond donors (Lipinski definition) is 2. The van der Waals surface area contributed by atoms with Crippen LogP contribution >= 0.6 is 0 Å². The Bertz CT molecular complexity index is 519. The van der Waals surface area contributed by atoms with Crippen LogP contribution in [0.3, 0.4) is 0 Å². The van der Waals surface area contributed by atoms with E-state index < -0.39 is 23.6 Å². The number of esters is 2. The molecule has 4 atom stereocenters. The molecule has 1 fully saturated rings. The lowest BCUT2D eigenvalue weighted by Gasteiger charge is -2.32. The molecule has 0 bridgehead atoms. The van der Waals surface area contributed by atoms with E-state index in [4.69, 9.17) is 9.47 Å². The highest BCUT2D eigenvalue weighted by molar-refractivity contribution is 5.80. The van der Waals surface area contributed by atoms with Gasteiger partial charge >= 0.3 is 11.9 Å². The monoisotopic (exact) mass is 341 g/mol. The summed E-state index contributed by atoms with van der Waals surface area (Å²) in [6, 6.07) is -0.0830. The van der Waals surface area contributed by atoms with Crippen LogP contribution in [0.15, 0.2) is 11.6 Å². The van der Waals surface area contributed by atoms with Gasteiger partial charge in [0.1, 0.15) is 12.7 Å². The highest BCUT2D eigenvalue weighted by Crippen LogP contribution is 2.32. The molecule has 0 unspecified atom stereocenters. The van der Waals surface area contributed by atoms with E-state index in [9.17, 15) is 19.8 Å². The summed E-state index contributed by atoms with van der Waals surface area (Å²) in [5.74, 6) is -1.65. The maximum atomic E-state index is 12.3. The molecule has 2 aliphatic rings. The molecule has 2 heterocycles. The summed E-state index contributed by atoms with van der Waals surface area (Å²) in [4.78, 5) is 25.7. The lowest BCUT2D eigenvalue weighted by atomic mass is 9.85. The molecule has 136 valence electrons. The van der Waals surface area contributed by atoms with Crippen molar-refractivity contribution in [2.24, 2.45) is 5.92 Å². The zero-order valence-corrected chi connectivity index (χ0v) is 14.7. The van der Waals surface area contributed by atoms with Gasteiger partial charge in [-0.25, -0.2) is 4.79 Å². The number of nitrogens with zero attached hydrogens (tertiary/aromatic N) is 1. The van der Waals surface area contributed by atoms with Crippen molar-refractivity contribution in [2.75, 3.05) is 19.7 Å². The summed E-state index contributed by atoms with van der Waals surface area (Å²) >= 11 is 0. The number of carbonyl (C=O) groups excluding carboxylic acids is 2. The van der Waals surface area contributed by atoms with Crippen molar-refractivity contribution in [3.05, 3.63) is 11.6 Å². The predicted octanol–water partition coefficient (Wildman–Crippen LogP) is 0.244. The van der Waals surface area contributed by atoms with Crippen molar-refractivity contribution in [3.8, 4) is 0 Å². The lowest BCUT2D eigenvalue weighted by molar-refractivity contribution is -0.184. The molecule has 0 aromatic rings. The number of aliphatic hydroxyl groups excluding tert-OH is 1. The highest BCUT2D eigenvalue weighted by Gasteiger charge is 2.47. The van der Waals surface area contributed by atoms with Crippen molar-refractivity contribution in [1.29, 1.82) is 0 Å². The fourth-order valence-electron chi connectivity index (χ4n) is 3.49. The van der Waals surface area contributed by atoms with E-state index in [0.717, 1.165) is 25.1 Å². The van der Waals surface area contributed by atoms with E-state index in [1.165, 1.54) is 13.8 Å². The normalized spacial score (nSPS) is 27.4. The van der Waals surface area contributed by atoms with E-state index in [1.807, 2.05) is 6.08 Å². The van der Waals surface area contributed by atoms with Gasteiger partial charge in [0.25, 0.3) is 0 Å². The second kappa shape index (κ2) is 7.21. The van der Waals surface area contributed by atoms with E-state index in [2.05, 4.69) is 4.90 Å². The van der Waals surface area contributed by atoms with Gasteiger partial charge in [0.2, 0.25) is 0 Å². The SMILES string of the molecule is CC(=O)O[C@H]1CCN2CC=C(COC(=O)[C@](O)(C(C)C)[C@@H](C)O)[C@H]12. The first-order valence-electron chi connectivity index (χ1n) is 8.35. The standard InChI is InChI=1S/C17H27NO6/c1-10(2)17(22,11(3)19)16(21)23-9-13-5-7-18-8-6-14(15(13)18)24-12(4)20/h5,10-11,14-15,19,22H,6-9H2,1-4H3/t11-,14+,15-,17+/m1/s1. The first-order valence-corrected chi connectivity index (χ1v) is 8.35. The zero-order chi connectivity index (χ0) is 18.1. The van der Waals surface area contributed by atoms with Crippen molar-refractivity contribution in [1.82, 2.24) is 4.90 Å². The second-order valence-electron chi connectivity index (χ2n) is 6.89. The molecule has 0 aliphatic carbocycles. The molecule has 0 aromatic heterocycles. The molecule has 1 saturated heterocycles. The van der Waals surface area contributed by atoms with Gasteiger partial charge in [-0.1, -0.05) is 19.9 Å². The summed E-state index contributed by atoms with van der Waals surface area (Å²) in [6.45, 7) is 7.61. The Kier molecular flexibility index (Phi) is 5.67. The van der Waals surface area contributed by atoms with Gasteiger partial charge in [-0.05, 0) is 24.8 Å². The van der Waals surface area contributed by atoms with Crippen molar-refractivity contribution < 1.29 is 29.3 Å². The Labute approximate surface area is 142 Å². The quantitative estimate of drug-likeness (QED) is 0.528. The predicted molar refractivity (Wildman–Crippen MR) is 86.0 cm³/mol. The van der Waals surface area contributed by atoms with Crippen LogP contribution in [-0.4, -0.2) is 70.6 Å². The van der Waals surface area contributed by atoms with Crippen LogP contribution in [-0.2, 0) is 19.1 Å². The minimum Gasteiger partial charge on any atom is -0.460 e. The molecule has 0 spiro atoms. The van der Waals surface area contributed by atoms with Gasteiger partial charge in [0, 0.05) is 20.0 Å². The molecular weight excluding hydrogens is 314 g/mol. The Morgan fingerprint density at radius 1 is 1.42 bits per heavy atom. The largest absolute Gasteiger partial charge is 0.460 e. The first kappa shape index (κ1) is 18.9. The molecular formula is C17H27NO6. The maximum absolute atomic E-state index is 12.3. The fourth-order valence-corrected chi connectivity index (χ4v) is 3.49. The lowest BCUT2D eigenvalue weighted by Crippen LogP contribution is -2.53. The third-order valence-electron chi connectivity index (χ3n) is 4.95. The van der Waals surface area contributed by atoms with Crippen LogP contribution in [0.1, 0.15) is 34.1 Å². The highest BCUT2D eigenvalue weighted by atomic mass is 16.6. The van der Waals surface area contributed by atoms with Gasteiger partial charge in [-0.15, -0.1) is 0 Å². The van der Waals surface area contributed by atoms with Gasteiger partial charge in [0.15, 0.2) is 5.60 Å². The third kappa shape index (κ3) is 3.48. The number of rotatable bonds is 6. The molecule has 7 heteroatoms. The fraction of sp³-hybridized carbons (Fsp3) is 0.765. The molecule has 2 N–H and O–H groups in total. The number of ether oxygens (including phenoxy) is 2. The van der Waals surface area contributed by atoms with Gasteiger partial charge < -0.3 is 19.7 Å². The number of hydrogen-bond acceptors (Lipinski definition) is 7. The van der Waals surface area contributed by atoms with Gasteiger partial charge in [-0.2, -0.15) is 0 Å². The van der Waals surface area contributed by atoms with E-state index >= 15 is 0 Å². The Morgan fingerprint density at radius 3 is 2.62 bits per heavy atom. The summed E-state index contributed by atoms with van der Waals surface area (Å²) in [7, 11) is 0. The molecule has 2 rings (SSSR count). The van der Waals surface area contributed by atoms with Crippen LogP contribution in [0.25, 0.3) is 0 Å². The third-order valence-corrected chi connectivity index (χ3v) is 4.95. The van der Waals surface area contributed by atoms with Crippen LogP contribution in [0.4, 0.5) is 0 Å². The summed E-state index contributed by atoms with van der Waals surface area (Å²) in [5.41, 5.74) is -1.08. The smallest absolute Gasteiger partial charge is 0.341 e. The Balaban J connectivity index is 2.01. The van der Waals surface area contributed by atoms with E-state index in [-0.39, 0.29) is 24.7 Å². The number of aliphatic hydroxyl groups is 2. The van der Waals surface area contributed by atoms with Gasteiger partial charge in [-0.3, -0.25) is 9.69 Å². The molecule has 0 amide bonds.